The number of hydrogen-bond acceptors (Lipinski definition) is 3. The standard InChI is InChI=1S/C15H25N3/c1-3-12-6-4-5-7-14(12)15(18-16)13-8-11(2)9-17-10-13/h8-10,12,14-15,18H,3-7,16H2,1-2H3. The van der Waals surface area contributed by atoms with Crippen molar-refractivity contribution in [3.05, 3.63) is 29.6 Å². The van der Waals surface area contributed by atoms with Crippen molar-refractivity contribution in [1.29, 1.82) is 0 Å². The zero-order valence-electron chi connectivity index (χ0n) is 11.5. The van der Waals surface area contributed by atoms with Crippen LogP contribution in [0, 0.1) is 18.8 Å². The van der Waals surface area contributed by atoms with Crippen LogP contribution in [-0.4, -0.2) is 4.98 Å². The van der Waals surface area contributed by atoms with E-state index in [1.54, 1.807) is 0 Å². The number of rotatable bonds is 4. The van der Waals surface area contributed by atoms with E-state index in [2.05, 4.69) is 30.3 Å². The molecule has 0 saturated heterocycles. The molecular weight excluding hydrogens is 222 g/mol. The molecule has 1 saturated carbocycles. The van der Waals surface area contributed by atoms with Crippen molar-refractivity contribution >= 4 is 0 Å². The third kappa shape index (κ3) is 2.90. The molecule has 1 aromatic heterocycles. The molecule has 0 radical (unpaired) electrons. The first kappa shape index (κ1) is 13.5. The molecule has 100 valence electrons. The molecule has 0 aromatic carbocycles. The zero-order chi connectivity index (χ0) is 13.0. The zero-order valence-corrected chi connectivity index (χ0v) is 11.5. The molecule has 1 fully saturated rings. The molecule has 0 bridgehead atoms. The largest absolute Gasteiger partial charge is 0.271 e. The van der Waals surface area contributed by atoms with Gasteiger partial charge in [-0.05, 0) is 36.3 Å². The van der Waals surface area contributed by atoms with Gasteiger partial charge in [0.1, 0.15) is 0 Å². The summed E-state index contributed by atoms with van der Waals surface area (Å²) in [6.07, 6.45) is 10.4. The Hall–Kier alpha value is -0.930. The van der Waals surface area contributed by atoms with Gasteiger partial charge in [0.05, 0.1) is 6.04 Å². The summed E-state index contributed by atoms with van der Waals surface area (Å²) in [5.74, 6) is 7.27. The average Bonchev–Trinajstić information content (AvgIpc) is 2.40. The van der Waals surface area contributed by atoms with Crippen LogP contribution in [0.4, 0.5) is 0 Å². The minimum absolute atomic E-state index is 0.252. The van der Waals surface area contributed by atoms with E-state index in [0.717, 1.165) is 5.92 Å². The molecule has 0 amide bonds. The normalized spacial score (nSPS) is 25.9. The molecule has 3 heteroatoms. The lowest BCUT2D eigenvalue weighted by Crippen LogP contribution is -2.38. The van der Waals surface area contributed by atoms with Crippen molar-refractivity contribution in [1.82, 2.24) is 10.4 Å². The summed E-state index contributed by atoms with van der Waals surface area (Å²) < 4.78 is 0. The van der Waals surface area contributed by atoms with Gasteiger partial charge < -0.3 is 0 Å². The number of pyridine rings is 1. The van der Waals surface area contributed by atoms with Crippen molar-refractivity contribution in [3.63, 3.8) is 0 Å². The molecule has 3 unspecified atom stereocenters. The van der Waals surface area contributed by atoms with Crippen LogP contribution in [0.25, 0.3) is 0 Å². The third-order valence-electron chi connectivity index (χ3n) is 4.36. The summed E-state index contributed by atoms with van der Waals surface area (Å²) >= 11 is 0. The van der Waals surface area contributed by atoms with Gasteiger partial charge in [-0.15, -0.1) is 0 Å². The van der Waals surface area contributed by atoms with E-state index >= 15 is 0 Å². The van der Waals surface area contributed by atoms with Crippen molar-refractivity contribution in [3.8, 4) is 0 Å². The molecule has 0 aliphatic heterocycles. The van der Waals surface area contributed by atoms with Crippen LogP contribution >= 0.6 is 0 Å². The number of aryl methyl sites for hydroxylation is 1. The summed E-state index contributed by atoms with van der Waals surface area (Å²) in [4.78, 5) is 4.30. The highest BCUT2D eigenvalue weighted by Crippen LogP contribution is 2.39. The van der Waals surface area contributed by atoms with Crippen molar-refractivity contribution in [2.24, 2.45) is 17.7 Å². The minimum Gasteiger partial charge on any atom is -0.271 e. The number of aromatic nitrogens is 1. The van der Waals surface area contributed by atoms with E-state index < -0.39 is 0 Å². The number of nitrogens with one attached hydrogen (secondary N) is 1. The predicted molar refractivity (Wildman–Crippen MR) is 74.8 cm³/mol. The molecule has 2 rings (SSSR count). The second-order valence-corrected chi connectivity index (χ2v) is 5.56. The van der Waals surface area contributed by atoms with Gasteiger partial charge in [0.25, 0.3) is 0 Å². The summed E-state index contributed by atoms with van der Waals surface area (Å²) in [7, 11) is 0. The fraction of sp³-hybridized carbons (Fsp3) is 0.667. The Kier molecular flexibility index (Phi) is 4.72. The van der Waals surface area contributed by atoms with Gasteiger partial charge in [-0.3, -0.25) is 16.3 Å². The van der Waals surface area contributed by atoms with Crippen molar-refractivity contribution in [2.75, 3.05) is 0 Å². The fourth-order valence-electron chi connectivity index (χ4n) is 3.40. The van der Waals surface area contributed by atoms with E-state index in [1.807, 2.05) is 12.4 Å². The number of hydrazine groups is 1. The molecule has 1 aliphatic rings. The van der Waals surface area contributed by atoms with Crippen LogP contribution in [0.5, 0.6) is 0 Å². The van der Waals surface area contributed by atoms with Gasteiger partial charge in [0.2, 0.25) is 0 Å². The molecule has 3 atom stereocenters. The first-order valence-electron chi connectivity index (χ1n) is 7.14. The van der Waals surface area contributed by atoms with E-state index in [-0.39, 0.29) is 6.04 Å². The highest BCUT2D eigenvalue weighted by Gasteiger charge is 2.31. The van der Waals surface area contributed by atoms with Gasteiger partial charge in [-0.2, -0.15) is 0 Å². The summed E-state index contributed by atoms with van der Waals surface area (Å²) in [6, 6.07) is 2.46. The van der Waals surface area contributed by atoms with E-state index in [1.165, 1.54) is 43.2 Å². The number of nitrogens with two attached hydrogens (primary N) is 1. The van der Waals surface area contributed by atoms with Crippen LogP contribution in [0.2, 0.25) is 0 Å². The summed E-state index contributed by atoms with van der Waals surface area (Å²) in [5, 5.41) is 0. The topological polar surface area (TPSA) is 50.9 Å². The highest BCUT2D eigenvalue weighted by molar-refractivity contribution is 5.21. The Morgan fingerprint density at radius 2 is 2.17 bits per heavy atom. The van der Waals surface area contributed by atoms with Crippen LogP contribution in [0.3, 0.4) is 0 Å². The van der Waals surface area contributed by atoms with Crippen LogP contribution < -0.4 is 11.3 Å². The van der Waals surface area contributed by atoms with Crippen molar-refractivity contribution in [2.45, 2.75) is 52.0 Å². The lowest BCUT2D eigenvalue weighted by atomic mass is 9.72. The Morgan fingerprint density at radius 3 is 2.83 bits per heavy atom. The maximum Gasteiger partial charge on any atom is 0.0506 e. The van der Waals surface area contributed by atoms with E-state index in [4.69, 9.17) is 5.84 Å². The first-order chi connectivity index (χ1) is 8.76. The van der Waals surface area contributed by atoms with Crippen molar-refractivity contribution < 1.29 is 0 Å². The van der Waals surface area contributed by atoms with Gasteiger partial charge in [-0.1, -0.05) is 38.7 Å². The molecule has 1 aliphatic carbocycles. The van der Waals surface area contributed by atoms with E-state index in [9.17, 15) is 0 Å². The average molecular weight is 247 g/mol. The quantitative estimate of drug-likeness (QED) is 0.635. The highest BCUT2D eigenvalue weighted by atomic mass is 15.2. The monoisotopic (exact) mass is 247 g/mol. The first-order valence-corrected chi connectivity index (χ1v) is 7.14. The Bertz CT molecular complexity index is 378. The lowest BCUT2D eigenvalue weighted by Gasteiger charge is -2.36. The molecule has 3 N–H and O–H groups in total. The fourth-order valence-corrected chi connectivity index (χ4v) is 3.40. The Balaban J connectivity index is 2.21. The number of hydrogen-bond donors (Lipinski definition) is 2. The molecule has 18 heavy (non-hydrogen) atoms. The second kappa shape index (κ2) is 6.30. The van der Waals surface area contributed by atoms with Gasteiger partial charge in [-0.25, -0.2) is 0 Å². The molecular formula is C15H25N3. The molecule has 3 nitrogen and oxygen atoms in total. The second-order valence-electron chi connectivity index (χ2n) is 5.56. The Morgan fingerprint density at radius 1 is 1.39 bits per heavy atom. The Labute approximate surface area is 110 Å². The van der Waals surface area contributed by atoms with Gasteiger partial charge in [0.15, 0.2) is 0 Å². The molecule has 1 aromatic rings. The van der Waals surface area contributed by atoms with Gasteiger partial charge in [0, 0.05) is 12.4 Å². The number of nitrogens with zero attached hydrogens (tertiary/aromatic N) is 1. The van der Waals surface area contributed by atoms with Crippen LogP contribution in [0.15, 0.2) is 18.5 Å². The lowest BCUT2D eigenvalue weighted by molar-refractivity contribution is 0.176. The van der Waals surface area contributed by atoms with E-state index in [0.29, 0.717) is 5.92 Å². The molecule has 1 heterocycles. The van der Waals surface area contributed by atoms with Gasteiger partial charge >= 0.3 is 0 Å². The smallest absolute Gasteiger partial charge is 0.0506 e. The summed E-state index contributed by atoms with van der Waals surface area (Å²) in [6.45, 7) is 4.38. The summed E-state index contributed by atoms with van der Waals surface area (Å²) in [5.41, 5.74) is 5.48. The molecule has 0 spiro atoms. The maximum atomic E-state index is 5.82. The minimum atomic E-state index is 0.252. The van der Waals surface area contributed by atoms with Crippen LogP contribution in [-0.2, 0) is 0 Å². The third-order valence-corrected chi connectivity index (χ3v) is 4.36. The predicted octanol–water partition coefficient (Wildman–Crippen LogP) is 3.11. The maximum absolute atomic E-state index is 5.82. The SMILES string of the molecule is CCC1CCCCC1C(NN)c1cncc(C)c1. The van der Waals surface area contributed by atoms with Crippen LogP contribution in [0.1, 0.15) is 56.2 Å².